The molecule has 6 nitrogen and oxygen atoms in total. The molecule has 2 heterocycles. The van der Waals surface area contributed by atoms with Crippen LogP contribution in [0.3, 0.4) is 0 Å². The van der Waals surface area contributed by atoms with Gasteiger partial charge in [-0.2, -0.15) is 0 Å². The van der Waals surface area contributed by atoms with Crippen LogP contribution in [-0.2, 0) is 22.4 Å². The van der Waals surface area contributed by atoms with Crippen LogP contribution in [0, 0.1) is 0 Å². The van der Waals surface area contributed by atoms with Crippen LogP contribution in [0.5, 0.6) is 5.75 Å². The number of carbonyl (C=O) groups excluding carboxylic acids is 2. The van der Waals surface area contributed by atoms with Gasteiger partial charge in [0, 0.05) is 22.2 Å². The maximum Gasteiger partial charge on any atom is 0.230 e. The predicted octanol–water partition coefficient (Wildman–Crippen LogP) is 3.49. The minimum absolute atomic E-state index is 0.00437. The van der Waals surface area contributed by atoms with Crippen LogP contribution < -0.4 is 15.4 Å². The van der Waals surface area contributed by atoms with E-state index in [9.17, 15) is 9.59 Å². The SMILES string of the molecule is COc1ccccc1CC(=O)Nc1nc(-c2ccc3c(c2)CC(=O)N3)cs1. The van der Waals surface area contributed by atoms with Crippen molar-refractivity contribution < 1.29 is 14.3 Å². The van der Waals surface area contributed by atoms with Gasteiger partial charge in [-0.1, -0.05) is 24.3 Å². The highest BCUT2D eigenvalue weighted by atomic mass is 32.1. The van der Waals surface area contributed by atoms with E-state index in [2.05, 4.69) is 15.6 Å². The van der Waals surface area contributed by atoms with E-state index >= 15 is 0 Å². The largest absolute Gasteiger partial charge is 0.496 e. The Morgan fingerprint density at radius 1 is 1.30 bits per heavy atom. The Bertz CT molecular complexity index is 1030. The number of thiazole rings is 1. The molecule has 3 aromatic rings. The van der Waals surface area contributed by atoms with Crippen molar-refractivity contribution in [3.63, 3.8) is 0 Å². The second kappa shape index (κ2) is 7.20. The number of fused-ring (bicyclic) bond motifs is 1. The Kier molecular flexibility index (Phi) is 4.60. The highest BCUT2D eigenvalue weighted by Crippen LogP contribution is 2.31. The van der Waals surface area contributed by atoms with E-state index in [1.807, 2.05) is 47.8 Å². The lowest BCUT2D eigenvalue weighted by molar-refractivity contribution is -0.116. The number of methoxy groups -OCH3 is 1. The summed E-state index contributed by atoms with van der Waals surface area (Å²) in [5.41, 5.74) is 4.34. The summed E-state index contributed by atoms with van der Waals surface area (Å²) in [6, 6.07) is 13.2. The third-order valence-corrected chi connectivity index (χ3v) is 5.08. The molecule has 0 radical (unpaired) electrons. The number of aromatic nitrogens is 1. The molecule has 2 amide bonds. The van der Waals surface area contributed by atoms with Crippen LogP contribution in [-0.4, -0.2) is 23.9 Å². The molecule has 4 rings (SSSR count). The first kappa shape index (κ1) is 17.2. The first-order valence-electron chi connectivity index (χ1n) is 8.43. The van der Waals surface area contributed by atoms with Gasteiger partial charge >= 0.3 is 0 Å². The molecule has 27 heavy (non-hydrogen) atoms. The van der Waals surface area contributed by atoms with Crippen molar-refractivity contribution >= 4 is 34.0 Å². The molecule has 0 saturated heterocycles. The lowest BCUT2D eigenvalue weighted by atomic mass is 10.1. The van der Waals surface area contributed by atoms with Crippen LogP contribution in [0.2, 0.25) is 0 Å². The normalized spacial score (nSPS) is 12.4. The number of rotatable bonds is 5. The molecule has 0 bridgehead atoms. The number of ether oxygens (including phenoxy) is 1. The van der Waals surface area contributed by atoms with E-state index in [1.54, 1.807) is 7.11 Å². The average molecular weight is 379 g/mol. The van der Waals surface area contributed by atoms with E-state index in [-0.39, 0.29) is 18.2 Å². The van der Waals surface area contributed by atoms with Crippen molar-refractivity contribution in [3.05, 3.63) is 59.0 Å². The molecule has 0 spiro atoms. The number of amides is 2. The molecule has 1 aromatic heterocycles. The van der Waals surface area contributed by atoms with E-state index in [0.29, 0.717) is 17.3 Å². The minimum atomic E-state index is -0.149. The van der Waals surface area contributed by atoms with Crippen molar-refractivity contribution in [2.45, 2.75) is 12.8 Å². The van der Waals surface area contributed by atoms with Crippen molar-refractivity contribution in [1.82, 2.24) is 4.98 Å². The first-order valence-corrected chi connectivity index (χ1v) is 9.31. The Labute approximate surface area is 160 Å². The molecule has 2 aromatic carbocycles. The third kappa shape index (κ3) is 3.68. The van der Waals surface area contributed by atoms with Crippen LogP contribution in [0.4, 0.5) is 10.8 Å². The molecular formula is C20H17N3O3S. The standard InChI is InChI=1S/C20H17N3O3S/c1-26-17-5-3-2-4-13(17)9-19(25)23-20-22-16(11-27-20)12-6-7-15-14(8-12)10-18(24)21-15/h2-8,11H,9-10H2,1H3,(H,21,24)(H,22,23,25). The maximum absolute atomic E-state index is 12.3. The number of nitrogens with one attached hydrogen (secondary N) is 2. The van der Waals surface area contributed by atoms with Gasteiger partial charge in [0.15, 0.2) is 5.13 Å². The second-order valence-electron chi connectivity index (χ2n) is 6.17. The van der Waals surface area contributed by atoms with Crippen LogP contribution in [0.25, 0.3) is 11.3 Å². The fourth-order valence-corrected chi connectivity index (χ4v) is 3.77. The number of benzene rings is 2. The van der Waals surface area contributed by atoms with Gasteiger partial charge in [0.25, 0.3) is 0 Å². The van der Waals surface area contributed by atoms with Crippen molar-refractivity contribution in [2.24, 2.45) is 0 Å². The van der Waals surface area contributed by atoms with Gasteiger partial charge in [0.1, 0.15) is 5.75 Å². The molecule has 0 aliphatic carbocycles. The lowest BCUT2D eigenvalue weighted by Gasteiger charge is -2.07. The molecule has 0 saturated carbocycles. The predicted molar refractivity (Wildman–Crippen MR) is 105 cm³/mol. The molecule has 1 aliphatic rings. The molecule has 7 heteroatoms. The lowest BCUT2D eigenvalue weighted by Crippen LogP contribution is -2.14. The summed E-state index contributed by atoms with van der Waals surface area (Å²) in [6.45, 7) is 0. The summed E-state index contributed by atoms with van der Waals surface area (Å²) in [6.07, 6.45) is 0.599. The molecule has 2 N–H and O–H groups in total. The number of hydrogen-bond acceptors (Lipinski definition) is 5. The van der Waals surface area contributed by atoms with Gasteiger partial charge in [0.05, 0.1) is 25.6 Å². The Hall–Kier alpha value is -3.19. The summed E-state index contributed by atoms with van der Waals surface area (Å²) in [5.74, 6) is 0.544. The second-order valence-corrected chi connectivity index (χ2v) is 7.03. The van der Waals surface area contributed by atoms with E-state index in [0.717, 1.165) is 28.1 Å². The Morgan fingerprint density at radius 2 is 2.15 bits per heavy atom. The number of hydrogen-bond donors (Lipinski definition) is 2. The van der Waals surface area contributed by atoms with Crippen molar-refractivity contribution in [3.8, 4) is 17.0 Å². The van der Waals surface area contributed by atoms with Gasteiger partial charge in [-0.3, -0.25) is 9.59 Å². The zero-order chi connectivity index (χ0) is 18.8. The van der Waals surface area contributed by atoms with Gasteiger partial charge in [-0.05, 0) is 23.8 Å². The molecule has 1 aliphatic heterocycles. The van der Waals surface area contributed by atoms with Crippen LogP contribution in [0.15, 0.2) is 47.8 Å². The zero-order valence-electron chi connectivity index (χ0n) is 14.6. The smallest absolute Gasteiger partial charge is 0.230 e. The number of para-hydroxylation sites is 1. The minimum Gasteiger partial charge on any atom is -0.496 e. The van der Waals surface area contributed by atoms with Gasteiger partial charge < -0.3 is 15.4 Å². The molecule has 0 unspecified atom stereocenters. The molecule has 0 fully saturated rings. The Balaban J connectivity index is 1.46. The van der Waals surface area contributed by atoms with Crippen molar-refractivity contribution in [1.29, 1.82) is 0 Å². The Morgan fingerprint density at radius 3 is 3.00 bits per heavy atom. The highest BCUT2D eigenvalue weighted by molar-refractivity contribution is 7.14. The first-order chi connectivity index (χ1) is 13.1. The fraction of sp³-hybridized carbons (Fsp3) is 0.150. The maximum atomic E-state index is 12.3. The average Bonchev–Trinajstić information content (AvgIpc) is 3.26. The number of anilines is 2. The van der Waals surface area contributed by atoms with E-state index in [1.165, 1.54) is 11.3 Å². The van der Waals surface area contributed by atoms with Gasteiger partial charge in [-0.25, -0.2) is 4.98 Å². The van der Waals surface area contributed by atoms with Crippen LogP contribution in [0.1, 0.15) is 11.1 Å². The van der Waals surface area contributed by atoms with Crippen LogP contribution >= 0.6 is 11.3 Å². The molecular weight excluding hydrogens is 362 g/mol. The van der Waals surface area contributed by atoms with Gasteiger partial charge in [0.2, 0.25) is 11.8 Å². The van der Waals surface area contributed by atoms with E-state index < -0.39 is 0 Å². The quantitative estimate of drug-likeness (QED) is 0.711. The number of nitrogens with zero attached hydrogens (tertiary/aromatic N) is 1. The van der Waals surface area contributed by atoms with E-state index in [4.69, 9.17) is 4.74 Å². The summed E-state index contributed by atoms with van der Waals surface area (Å²) in [7, 11) is 1.59. The third-order valence-electron chi connectivity index (χ3n) is 4.32. The topological polar surface area (TPSA) is 80.3 Å². The molecule has 0 atom stereocenters. The summed E-state index contributed by atoms with van der Waals surface area (Å²) < 4.78 is 5.28. The summed E-state index contributed by atoms with van der Waals surface area (Å²) in [4.78, 5) is 28.3. The zero-order valence-corrected chi connectivity index (χ0v) is 15.4. The van der Waals surface area contributed by atoms with Crippen molar-refractivity contribution in [2.75, 3.05) is 17.7 Å². The summed E-state index contributed by atoms with van der Waals surface area (Å²) in [5, 5.41) is 8.09. The monoisotopic (exact) mass is 379 g/mol. The molecule has 136 valence electrons. The fourth-order valence-electron chi connectivity index (χ4n) is 3.04. The van der Waals surface area contributed by atoms with Gasteiger partial charge in [-0.15, -0.1) is 11.3 Å². The number of carbonyl (C=O) groups is 2. The highest BCUT2D eigenvalue weighted by Gasteiger charge is 2.18. The summed E-state index contributed by atoms with van der Waals surface area (Å²) >= 11 is 1.37.